The highest BCUT2D eigenvalue weighted by molar-refractivity contribution is 7.89. The third-order valence-electron chi connectivity index (χ3n) is 4.51. The summed E-state index contributed by atoms with van der Waals surface area (Å²) < 4.78 is 32.9. The molecule has 0 aliphatic carbocycles. The van der Waals surface area contributed by atoms with E-state index in [1.165, 1.54) is 28.8 Å². The second-order valence-electron chi connectivity index (χ2n) is 6.25. The molecule has 1 fully saturated rings. The number of carbonyl (C=O) groups excluding carboxylic acids is 1. The van der Waals surface area contributed by atoms with Gasteiger partial charge in [0.15, 0.2) is 0 Å². The summed E-state index contributed by atoms with van der Waals surface area (Å²) in [5.41, 5.74) is 0.618. The van der Waals surface area contributed by atoms with Crippen LogP contribution in [-0.4, -0.2) is 54.7 Å². The highest BCUT2D eigenvalue weighted by Crippen LogP contribution is 2.23. The van der Waals surface area contributed by atoms with Gasteiger partial charge < -0.3 is 14.3 Å². The van der Waals surface area contributed by atoms with Gasteiger partial charge in [-0.3, -0.25) is 9.59 Å². The Kier molecular flexibility index (Phi) is 4.92. The first-order valence-corrected chi connectivity index (χ1v) is 10.8. The summed E-state index contributed by atoms with van der Waals surface area (Å²) in [7, 11) is -3.69. The number of nitrogens with one attached hydrogen (secondary N) is 1. The van der Waals surface area contributed by atoms with Crippen molar-refractivity contribution in [3.05, 3.63) is 58.1 Å². The fourth-order valence-corrected chi connectivity index (χ4v) is 5.33. The summed E-state index contributed by atoms with van der Waals surface area (Å²) in [4.78, 5) is 27.9. The summed E-state index contributed by atoms with van der Waals surface area (Å²) >= 11 is 0.975. The summed E-state index contributed by atoms with van der Waals surface area (Å²) in [6, 6.07) is 8.07. The van der Waals surface area contributed by atoms with Gasteiger partial charge in [0, 0.05) is 32.3 Å². The Balaban J connectivity index is 1.44. The Labute approximate surface area is 164 Å². The molecule has 28 heavy (non-hydrogen) atoms. The van der Waals surface area contributed by atoms with E-state index in [1.54, 1.807) is 29.2 Å². The molecule has 1 aromatic carbocycles. The number of hydrogen-bond donors (Lipinski definition) is 1. The summed E-state index contributed by atoms with van der Waals surface area (Å²) in [6.07, 6.45) is 4.53. The molecule has 1 aliphatic heterocycles. The zero-order valence-corrected chi connectivity index (χ0v) is 16.3. The van der Waals surface area contributed by atoms with Crippen molar-refractivity contribution in [1.82, 2.24) is 14.2 Å². The molecule has 0 unspecified atom stereocenters. The zero-order valence-electron chi connectivity index (χ0n) is 14.7. The van der Waals surface area contributed by atoms with Gasteiger partial charge in [0.1, 0.15) is 5.76 Å². The number of rotatable bonds is 4. The minimum Gasteiger partial charge on any atom is -0.465 e. The van der Waals surface area contributed by atoms with Crippen molar-refractivity contribution in [2.45, 2.75) is 4.90 Å². The minimum atomic E-state index is -3.69. The Hall–Kier alpha value is -2.69. The second-order valence-corrected chi connectivity index (χ2v) is 9.20. The fourth-order valence-electron chi connectivity index (χ4n) is 3.03. The Morgan fingerprint density at radius 1 is 1.18 bits per heavy atom. The molecule has 0 spiro atoms. The SMILES string of the molecule is O=C(C=Cc1ccco1)N1CCN(S(=O)(=O)c2ccc3[nH]c(=O)sc3c2)CC1. The van der Waals surface area contributed by atoms with Gasteiger partial charge in [-0.05, 0) is 36.4 Å². The molecule has 4 rings (SSSR count). The van der Waals surface area contributed by atoms with Crippen LogP contribution in [0.2, 0.25) is 0 Å². The van der Waals surface area contributed by atoms with Crippen molar-refractivity contribution in [2.24, 2.45) is 0 Å². The number of nitrogens with zero attached hydrogens (tertiary/aromatic N) is 2. The molecule has 1 saturated heterocycles. The maximum atomic E-state index is 12.9. The van der Waals surface area contributed by atoms with E-state index in [0.29, 0.717) is 29.1 Å². The van der Waals surface area contributed by atoms with E-state index < -0.39 is 10.0 Å². The topological polar surface area (TPSA) is 104 Å². The molecular weight excluding hydrogens is 402 g/mol. The maximum Gasteiger partial charge on any atom is 0.305 e. The van der Waals surface area contributed by atoms with Crippen molar-refractivity contribution in [3.8, 4) is 0 Å². The summed E-state index contributed by atoms with van der Waals surface area (Å²) in [5, 5.41) is 0. The molecule has 0 saturated carbocycles. The third kappa shape index (κ3) is 3.66. The monoisotopic (exact) mass is 419 g/mol. The first-order valence-electron chi connectivity index (χ1n) is 8.57. The number of aromatic nitrogens is 1. The van der Waals surface area contributed by atoms with Crippen LogP contribution in [0.15, 0.2) is 56.8 Å². The number of hydrogen-bond acceptors (Lipinski definition) is 6. The van der Waals surface area contributed by atoms with Crippen LogP contribution in [0.25, 0.3) is 16.3 Å². The molecule has 1 amide bonds. The number of sulfonamides is 1. The molecule has 3 aromatic rings. The van der Waals surface area contributed by atoms with E-state index in [1.807, 2.05) is 0 Å². The van der Waals surface area contributed by atoms with Gasteiger partial charge in [-0.1, -0.05) is 11.3 Å². The largest absolute Gasteiger partial charge is 0.465 e. The first kappa shape index (κ1) is 18.7. The van der Waals surface area contributed by atoms with E-state index in [0.717, 1.165) is 11.3 Å². The first-order chi connectivity index (χ1) is 13.4. The molecule has 3 heterocycles. The fraction of sp³-hybridized carbons (Fsp3) is 0.222. The molecule has 146 valence electrons. The van der Waals surface area contributed by atoms with Crippen molar-refractivity contribution in [3.63, 3.8) is 0 Å². The number of aromatic amines is 1. The summed E-state index contributed by atoms with van der Waals surface area (Å²) in [6.45, 7) is 1.04. The predicted octanol–water partition coefficient (Wildman–Crippen LogP) is 1.73. The molecule has 2 aromatic heterocycles. The average molecular weight is 419 g/mol. The van der Waals surface area contributed by atoms with Crippen molar-refractivity contribution >= 4 is 43.6 Å². The van der Waals surface area contributed by atoms with Crippen LogP contribution in [0.1, 0.15) is 5.76 Å². The highest BCUT2D eigenvalue weighted by Gasteiger charge is 2.29. The normalized spacial score (nSPS) is 16.2. The van der Waals surface area contributed by atoms with Gasteiger partial charge in [-0.15, -0.1) is 0 Å². The van der Waals surface area contributed by atoms with Crippen LogP contribution in [0, 0.1) is 0 Å². The highest BCUT2D eigenvalue weighted by atomic mass is 32.2. The number of fused-ring (bicyclic) bond motifs is 1. The van der Waals surface area contributed by atoms with E-state index in [2.05, 4.69) is 4.98 Å². The van der Waals surface area contributed by atoms with E-state index >= 15 is 0 Å². The number of thiazole rings is 1. The summed E-state index contributed by atoms with van der Waals surface area (Å²) in [5.74, 6) is 0.393. The lowest BCUT2D eigenvalue weighted by Crippen LogP contribution is -2.50. The van der Waals surface area contributed by atoms with Crippen LogP contribution < -0.4 is 4.87 Å². The number of benzene rings is 1. The van der Waals surface area contributed by atoms with Crippen LogP contribution >= 0.6 is 11.3 Å². The number of carbonyl (C=O) groups is 1. The lowest BCUT2D eigenvalue weighted by molar-refractivity contribution is -0.127. The Morgan fingerprint density at radius 3 is 2.68 bits per heavy atom. The van der Waals surface area contributed by atoms with Gasteiger partial charge in [-0.2, -0.15) is 4.31 Å². The Bertz CT molecular complexity index is 1180. The quantitative estimate of drug-likeness (QED) is 0.649. The molecular formula is C18H17N3O5S2. The maximum absolute atomic E-state index is 12.9. The lowest BCUT2D eigenvalue weighted by atomic mass is 10.3. The van der Waals surface area contributed by atoms with Crippen LogP contribution in [0.5, 0.6) is 0 Å². The molecule has 0 bridgehead atoms. The van der Waals surface area contributed by atoms with Crippen LogP contribution in [0.4, 0.5) is 0 Å². The predicted molar refractivity (Wildman–Crippen MR) is 106 cm³/mol. The molecule has 1 N–H and O–H groups in total. The van der Waals surface area contributed by atoms with Gasteiger partial charge in [0.25, 0.3) is 0 Å². The zero-order chi connectivity index (χ0) is 19.7. The number of H-pyrrole nitrogens is 1. The van der Waals surface area contributed by atoms with E-state index in [-0.39, 0.29) is 28.8 Å². The van der Waals surface area contributed by atoms with Gasteiger partial charge in [0.05, 0.1) is 21.4 Å². The lowest BCUT2D eigenvalue weighted by Gasteiger charge is -2.33. The van der Waals surface area contributed by atoms with E-state index in [9.17, 15) is 18.0 Å². The third-order valence-corrected chi connectivity index (χ3v) is 7.25. The standard InChI is InChI=1S/C18H17N3O5S2/c22-17(6-3-13-2-1-11-26-13)20-7-9-21(10-8-20)28(24,25)14-4-5-15-16(12-14)27-18(23)19-15/h1-6,11-12H,7-10H2,(H,19,23). The van der Waals surface area contributed by atoms with Crippen molar-refractivity contribution in [2.75, 3.05) is 26.2 Å². The molecule has 1 aliphatic rings. The number of amides is 1. The second kappa shape index (κ2) is 7.38. The van der Waals surface area contributed by atoms with Gasteiger partial charge in [-0.25, -0.2) is 8.42 Å². The van der Waals surface area contributed by atoms with Crippen LogP contribution in [-0.2, 0) is 14.8 Å². The van der Waals surface area contributed by atoms with Gasteiger partial charge >= 0.3 is 4.87 Å². The van der Waals surface area contributed by atoms with Gasteiger partial charge in [0.2, 0.25) is 15.9 Å². The minimum absolute atomic E-state index is 0.146. The Morgan fingerprint density at radius 2 is 1.96 bits per heavy atom. The van der Waals surface area contributed by atoms with E-state index in [4.69, 9.17) is 4.42 Å². The molecule has 8 nitrogen and oxygen atoms in total. The van der Waals surface area contributed by atoms with Crippen LogP contribution in [0.3, 0.4) is 0 Å². The molecule has 10 heteroatoms. The average Bonchev–Trinajstić information content (AvgIpc) is 3.34. The smallest absolute Gasteiger partial charge is 0.305 e. The number of furan rings is 1. The molecule has 0 atom stereocenters. The molecule has 0 radical (unpaired) electrons. The number of piperazine rings is 1. The van der Waals surface area contributed by atoms with Crippen molar-refractivity contribution < 1.29 is 17.6 Å². The van der Waals surface area contributed by atoms with Crippen molar-refractivity contribution in [1.29, 1.82) is 0 Å².